The van der Waals surface area contributed by atoms with Crippen molar-refractivity contribution in [3.63, 3.8) is 0 Å². The predicted octanol–water partition coefficient (Wildman–Crippen LogP) is 4.43. The number of H-pyrrole nitrogens is 1. The molecule has 0 unspecified atom stereocenters. The number of aromatic amines is 1. The average Bonchev–Trinajstić information content (AvgIpc) is 3.59. The van der Waals surface area contributed by atoms with Crippen LogP contribution >= 0.6 is 23.1 Å². The lowest BCUT2D eigenvalue weighted by Gasteiger charge is -2.43. The van der Waals surface area contributed by atoms with Gasteiger partial charge in [0.15, 0.2) is 0 Å². The van der Waals surface area contributed by atoms with Crippen molar-refractivity contribution in [2.45, 2.75) is 29.5 Å². The molecule has 7 atom stereocenters. The number of imide groups is 1. The number of nitrogens with zero attached hydrogens (tertiary/aromatic N) is 1. The normalized spacial score (nSPS) is 32.5. The first kappa shape index (κ1) is 21.4. The highest BCUT2D eigenvalue weighted by atomic mass is 32.2. The van der Waals surface area contributed by atoms with E-state index in [0.29, 0.717) is 5.69 Å². The third-order valence-electron chi connectivity index (χ3n) is 8.49. The molecule has 2 saturated carbocycles. The van der Waals surface area contributed by atoms with Crippen LogP contribution in [-0.2, 0) is 9.59 Å². The van der Waals surface area contributed by atoms with Crippen molar-refractivity contribution in [1.29, 1.82) is 0 Å². The third-order valence-corrected chi connectivity index (χ3v) is 11.1. The molecule has 0 spiro atoms. The van der Waals surface area contributed by atoms with Crippen LogP contribution < -0.4 is 14.5 Å². The average molecular weight is 505 g/mol. The van der Waals surface area contributed by atoms with Gasteiger partial charge in [0, 0.05) is 16.0 Å². The number of rotatable bonds is 3. The third kappa shape index (κ3) is 2.93. The molecular weight excluding hydrogens is 480 g/mol. The number of hydrogen-bond donors (Lipinski definition) is 1. The molecule has 2 aliphatic carbocycles. The van der Waals surface area contributed by atoms with Crippen LogP contribution in [0.4, 0.5) is 5.69 Å². The minimum atomic E-state index is -0.284. The van der Waals surface area contributed by atoms with Crippen LogP contribution in [-0.4, -0.2) is 29.2 Å². The lowest BCUT2D eigenvalue weighted by Crippen LogP contribution is -2.42. The number of aromatic nitrogens is 1. The van der Waals surface area contributed by atoms with Gasteiger partial charge in [0.05, 0.1) is 29.7 Å². The number of ether oxygens (including phenoxy) is 1. The largest absolute Gasteiger partial charge is 0.497 e. The molecule has 178 valence electrons. The zero-order valence-corrected chi connectivity index (χ0v) is 20.9. The molecule has 3 heterocycles. The second-order valence-electron chi connectivity index (χ2n) is 10.1. The van der Waals surface area contributed by atoms with E-state index < -0.39 is 0 Å². The van der Waals surface area contributed by atoms with Crippen molar-refractivity contribution in [3.05, 3.63) is 74.2 Å². The smallest absolute Gasteiger partial charge is 0.305 e. The minimum Gasteiger partial charge on any atom is -0.497 e. The van der Waals surface area contributed by atoms with Gasteiger partial charge in [-0.1, -0.05) is 41.2 Å². The van der Waals surface area contributed by atoms with E-state index >= 15 is 0 Å². The summed E-state index contributed by atoms with van der Waals surface area (Å²) in [4.78, 5) is 45.3. The van der Waals surface area contributed by atoms with Crippen molar-refractivity contribution in [2.75, 3.05) is 12.0 Å². The van der Waals surface area contributed by atoms with Gasteiger partial charge in [-0.15, -0.1) is 11.8 Å². The van der Waals surface area contributed by atoms with Gasteiger partial charge in [-0.2, -0.15) is 0 Å². The standard InChI is InChI=1S/C27H24N2O4S2/c1-12-3-7-14(8-4-12)29-25(30)20-16-11-17(21(20)26(29)31)22-19(16)18(13-5-9-15(33-2)10-6-13)23-24(34-22)28-27(32)35-23/h3-10,16-22H,11H2,1-2H3,(H,28,32)/t16-,17+,18+,19-,20+,21-,22-/m1/s1. The number of thiazole rings is 1. The fourth-order valence-corrected chi connectivity index (χ4v) is 10.0. The first-order valence-electron chi connectivity index (χ1n) is 11.9. The van der Waals surface area contributed by atoms with Gasteiger partial charge in [-0.25, -0.2) is 0 Å². The van der Waals surface area contributed by atoms with E-state index in [0.717, 1.165) is 33.2 Å². The number of nitrogens with one attached hydrogen (secondary N) is 1. The van der Waals surface area contributed by atoms with Gasteiger partial charge in [0.1, 0.15) is 5.75 Å². The van der Waals surface area contributed by atoms with E-state index in [1.54, 1.807) is 18.9 Å². The Balaban J connectivity index is 1.31. The maximum absolute atomic E-state index is 13.8. The number of hydrogen-bond acceptors (Lipinski definition) is 6. The van der Waals surface area contributed by atoms with E-state index in [-0.39, 0.29) is 57.4 Å². The van der Waals surface area contributed by atoms with E-state index in [1.165, 1.54) is 16.2 Å². The summed E-state index contributed by atoms with van der Waals surface area (Å²) in [7, 11) is 1.65. The van der Waals surface area contributed by atoms with E-state index in [9.17, 15) is 14.4 Å². The number of amides is 2. The summed E-state index contributed by atoms with van der Waals surface area (Å²) in [5.41, 5.74) is 2.90. The van der Waals surface area contributed by atoms with Crippen LogP contribution in [0.15, 0.2) is 58.4 Å². The Bertz CT molecular complexity index is 1410. The molecule has 3 aromatic rings. The van der Waals surface area contributed by atoms with Gasteiger partial charge >= 0.3 is 4.87 Å². The maximum Gasteiger partial charge on any atom is 0.305 e. The van der Waals surface area contributed by atoms with Crippen molar-refractivity contribution < 1.29 is 14.3 Å². The number of fused-ring (bicyclic) bond motifs is 9. The second kappa shape index (κ2) is 7.58. The predicted molar refractivity (Wildman–Crippen MR) is 135 cm³/mol. The van der Waals surface area contributed by atoms with Crippen LogP contribution in [0.5, 0.6) is 5.75 Å². The van der Waals surface area contributed by atoms with Crippen molar-refractivity contribution in [3.8, 4) is 5.75 Å². The van der Waals surface area contributed by atoms with Gasteiger partial charge in [0.2, 0.25) is 11.8 Å². The Morgan fingerprint density at radius 2 is 1.63 bits per heavy atom. The molecule has 4 aliphatic rings. The number of methoxy groups -OCH3 is 1. The highest BCUT2D eigenvalue weighted by Crippen LogP contribution is 2.68. The minimum absolute atomic E-state index is 0.0263. The molecule has 1 saturated heterocycles. The first-order valence-corrected chi connectivity index (χ1v) is 13.6. The lowest BCUT2D eigenvalue weighted by atomic mass is 9.68. The molecule has 2 aromatic carbocycles. The molecule has 1 aromatic heterocycles. The molecule has 2 aliphatic heterocycles. The molecular formula is C27H24N2O4S2. The first-order chi connectivity index (χ1) is 17.0. The summed E-state index contributed by atoms with van der Waals surface area (Å²) in [5, 5.41) is 1.12. The summed E-state index contributed by atoms with van der Waals surface area (Å²) in [5.74, 6) is 0.598. The summed E-state index contributed by atoms with van der Waals surface area (Å²) >= 11 is 3.00. The van der Waals surface area contributed by atoms with E-state index in [4.69, 9.17) is 4.74 Å². The summed E-state index contributed by atoms with van der Waals surface area (Å²) in [6.07, 6.45) is 0.892. The Morgan fingerprint density at radius 1 is 0.943 bits per heavy atom. The van der Waals surface area contributed by atoms with Gasteiger partial charge in [-0.3, -0.25) is 19.3 Å². The molecule has 0 radical (unpaired) electrons. The molecule has 2 bridgehead atoms. The van der Waals surface area contributed by atoms with Crippen molar-refractivity contribution in [2.24, 2.45) is 29.6 Å². The molecule has 7 rings (SSSR count). The number of benzene rings is 2. The summed E-state index contributed by atoms with van der Waals surface area (Å²) < 4.78 is 5.36. The van der Waals surface area contributed by atoms with Crippen LogP contribution in [0.3, 0.4) is 0 Å². The lowest BCUT2D eigenvalue weighted by molar-refractivity contribution is -0.123. The fraction of sp³-hybridized carbons (Fsp3) is 0.370. The SMILES string of the molecule is COc1ccc([C@@H]2c3sc(=O)[nH]c3S[C@@H]3[C@H]4C[C@@H]([C@@H]5C(=O)N(c6ccc(C)cc6)C(=O)[C@H]45)[C@H]23)cc1. The van der Waals surface area contributed by atoms with Crippen LogP contribution in [0, 0.1) is 36.5 Å². The Morgan fingerprint density at radius 3 is 2.31 bits per heavy atom. The second-order valence-corrected chi connectivity index (χ2v) is 12.3. The number of anilines is 1. The van der Waals surface area contributed by atoms with E-state index in [1.807, 2.05) is 43.3 Å². The van der Waals surface area contributed by atoms with Gasteiger partial charge in [-0.05, 0) is 60.9 Å². The maximum atomic E-state index is 13.8. The number of aryl methyl sites for hydroxylation is 1. The Kier molecular flexibility index (Phi) is 4.64. The topological polar surface area (TPSA) is 79.5 Å². The zero-order chi connectivity index (χ0) is 24.0. The van der Waals surface area contributed by atoms with Crippen molar-refractivity contribution in [1.82, 2.24) is 4.98 Å². The highest BCUT2D eigenvalue weighted by molar-refractivity contribution is 8.00. The number of carbonyl (C=O) groups is 2. The van der Waals surface area contributed by atoms with Gasteiger partial charge in [0.25, 0.3) is 0 Å². The van der Waals surface area contributed by atoms with Crippen LogP contribution in [0.1, 0.15) is 28.3 Å². The van der Waals surface area contributed by atoms with E-state index in [2.05, 4.69) is 17.1 Å². The van der Waals surface area contributed by atoms with Crippen LogP contribution in [0.25, 0.3) is 0 Å². The molecule has 8 heteroatoms. The molecule has 6 nitrogen and oxygen atoms in total. The summed E-state index contributed by atoms with van der Waals surface area (Å²) in [6.45, 7) is 2.00. The summed E-state index contributed by atoms with van der Waals surface area (Å²) in [6, 6.07) is 15.7. The zero-order valence-electron chi connectivity index (χ0n) is 19.3. The Labute approximate surface area is 210 Å². The van der Waals surface area contributed by atoms with Crippen LogP contribution in [0.2, 0.25) is 0 Å². The highest BCUT2D eigenvalue weighted by Gasteiger charge is 2.69. The number of carbonyl (C=O) groups excluding carboxylic acids is 2. The number of thioether (sulfide) groups is 1. The van der Waals surface area contributed by atoms with Crippen molar-refractivity contribution >= 4 is 40.6 Å². The fourth-order valence-electron chi connectivity index (χ4n) is 7.15. The monoisotopic (exact) mass is 504 g/mol. The van der Waals surface area contributed by atoms with Gasteiger partial charge < -0.3 is 9.72 Å². The molecule has 3 fully saturated rings. The Hall–Kier alpha value is -2.84. The molecule has 1 N–H and O–H groups in total. The molecule has 2 amide bonds. The molecule has 35 heavy (non-hydrogen) atoms. The quantitative estimate of drug-likeness (QED) is 0.534.